The predicted molar refractivity (Wildman–Crippen MR) is 86.1 cm³/mol. The number of halogens is 2. The van der Waals surface area contributed by atoms with Gasteiger partial charge in [0.25, 0.3) is 0 Å². The Bertz CT molecular complexity index is 591. The van der Waals surface area contributed by atoms with Crippen molar-refractivity contribution in [3.05, 3.63) is 68.7 Å². The molecule has 1 unspecified atom stereocenters. The van der Waals surface area contributed by atoms with Gasteiger partial charge in [0.2, 0.25) is 0 Å². The second-order valence-corrected chi connectivity index (χ2v) is 5.92. The van der Waals surface area contributed by atoms with Crippen molar-refractivity contribution in [3.8, 4) is 0 Å². The van der Waals surface area contributed by atoms with Gasteiger partial charge in [0.05, 0.1) is 6.04 Å². The number of nitrogens with two attached hydrogens (primary N) is 1. The first-order chi connectivity index (χ1) is 9.49. The summed E-state index contributed by atoms with van der Waals surface area (Å²) in [5.41, 5.74) is 7.45. The summed E-state index contributed by atoms with van der Waals surface area (Å²) in [4.78, 5) is 0. The topological polar surface area (TPSA) is 38.0 Å². The van der Waals surface area contributed by atoms with Crippen LogP contribution < -0.4 is 11.3 Å². The molecule has 0 spiro atoms. The van der Waals surface area contributed by atoms with Crippen LogP contribution in [0.3, 0.4) is 0 Å². The van der Waals surface area contributed by atoms with Gasteiger partial charge in [-0.25, -0.2) is 0 Å². The van der Waals surface area contributed by atoms with Crippen LogP contribution in [0.4, 0.5) is 0 Å². The quantitative estimate of drug-likeness (QED) is 0.650. The SMILES string of the molecule is Cc1cc(C)cc(C(Cc2cc(Cl)ccc2Cl)NN)c1. The van der Waals surface area contributed by atoms with Crippen LogP contribution in [0.5, 0.6) is 0 Å². The maximum Gasteiger partial charge on any atom is 0.0501 e. The van der Waals surface area contributed by atoms with Gasteiger partial charge in [0, 0.05) is 10.0 Å². The average molecular weight is 309 g/mol. The number of hydrogen-bond donors (Lipinski definition) is 2. The van der Waals surface area contributed by atoms with Gasteiger partial charge in [-0.1, -0.05) is 52.5 Å². The van der Waals surface area contributed by atoms with Crippen LogP contribution in [0.15, 0.2) is 36.4 Å². The molecule has 106 valence electrons. The molecular formula is C16H18Cl2N2. The Morgan fingerprint density at radius 1 is 1.05 bits per heavy atom. The minimum absolute atomic E-state index is 0.00423. The highest BCUT2D eigenvalue weighted by molar-refractivity contribution is 6.33. The first-order valence-electron chi connectivity index (χ1n) is 6.48. The summed E-state index contributed by atoms with van der Waals surface area (Å²) < 4.78 is 0. The van der Waals surface area contributed by atoms with Gasteiger partial charge >= 0.3 is 0 Å². The van der Waals surface area contributed by atoms with Crippen molar-refractivity contribution in [2.45, 2.75) is 26.3 Å². The van der Waals surface area contributed by atoms with E-state index in [1.165, 1.54) is 11.1 Å². The average Bonchev–Trinajstić information content (AvgIpc) is 2.38. The molecule has 3 N–H and O–H groups in total. The van der Waals surface area contributed by atoms with Gasteiger partial charge in [-0.3, -0.25) is 11.3 Å². The van der Waals surface area contributed by atoms with Crippen molar-refractivity contribution in [2.24, 2.45) is 5.84 Å². The molecule has 0 heterocycles. The maximum atomic E-state index is 6.22. The van der Waals surface area contributed by atoms with E-state index in [0.717, 1.165) is 11.1 Å². The van der Waals surface area contributed by atoms with Crippen molar-refractivity contribution in [1.82, 2.24) is 5.43 Å². The third-order valence-electron chi connectivity index (χ3n) is 3.28. The third kappa shape index (κ3) is 3.74. The largest absolute Gasteiger partial charge is 0.271 e. The van der Waals surface area contributed by atoms with Gasteiger partial charge < -0.3 is 0 Å². The third-order valence-corrected chi connectivity index (χ3v) is 3.88. The van der Waals surface area contributed by atoms with Gasteiger partial charge in [0.15, 0.2) is 0 Å². The Labute approximate surface area is 129 Å². The molecule has 2 aromatic carbocycles. The molecule has 2 rings (SSSR count). The van der Waals surface area contributed by atoms with Crippen molar-refractivity contribution in [1.29, 1.82) is 0 Å². The first-order valence-corrected chi connectivity index (χ1v) is 7.23. The summed E-state index contributed by atoms with van der Waals surface area (Å²) in [7, 11) is 0. The summed E-state index contributed by atoms with van der Waals surface area (Å²) in [6.07, 6.45) is 0.693. The van der Waals surface area contributed by atoms with Crippen LogP contribution in [0.25, 0.3) is 0 Å². The predicted octanol–water partition coefficient (Wildman–Crippen LogP) is 4.36. The Morgan fingerprint density at radius 3 is 2.30 bits per heavy atom. The lowest BCUT2D eigenvalue weighted by molar-refractivity contribution is 0.551. The zero-order chi connectivity index (χ0) is 14.7. The standard InChI is InChI=1S/C16H18Cl2N2/c1-10-5-11(2)7-13(6-10)16(20-19)9-12-8-14(17)3-4-15(12)18/h3-8,16,20H,9,19H2,1-2H3. The molecule has 0 aliphatic rings. The van der Waals surface area contributed by atoms with Crippen LogP contribution in [0.2, 0.25) is 10.0 Å². The fourth-order valence-electron chi connectivity index (χ4n) is 2.40. The molecular weight excluding hydrogens is 291 g/mol. The van der Waals surface area contributed by atoms with Crippen molar-refractivity contribution in [3.63, 3.8) is 0 Å². The Balaban J connectivity index is 2.30. The van der Waals surface area contributed by atoms with E-state index in [1.807, 2.05) is 12.1 Å². The highest BCUT2D eigenvalue weighted by atomic mass is 35.5. The van der Waals surface area contributed by atoms with Crippen LogP contribution in [-0.4, -0.2) is 0 Å². The molecule has 0 saturated heterocycles. The van der Waals surface area contributed by atoms with Gasteiger partial charge in [-0.15, -0.1) is 0 Å². The van der Waals surface area contributed by atoms with Crippen LogP contribution >= 0.6 is 23.2 Å². The summed E-state index contributed by atoms with van der Waals surface area (Å²) in [5, 5.41) is 1.39. The van der Waals surface area contributed by atoms with Gasteiger partial charge in [-0.05, 0) is 49.6 Å². The van der Waals surface area contributed by atoms with E-state index in [0.29, 0.717) is 16.5 Å². The first kappa shape index (κ1) is 15.3. The zero-order valence-electron chi connectivity index (χ0n) is 11.6. The number of aryl methyl sites for hydroxylation is 2. The normalized spacial score (nSPS) is 12.4. The minimum Gasteiger partial charge on any atom is -0.271 e. The molecule has 0 amide bonds. The molecule has 0 bridgehead atoms. The minimum atomic E-state index is 0.00423. The van der Waals surface area contributed by atoms with Crippen LogP contribution in [0.1, 0.15) is 28.3 Å². The number of benzene rings is 2. The Morgan fingerprint density at radius 2 is 1.70 bits per heavy atom. The summed E-state index contributed by atoms with van der Waals surface area (Å²) >= 11 is 12.2. The van der Waals surface area contributed by atoms with Gasteiger partial charge in [0.1, 0.15) is 0 Å². The van der Waals surface area contributed by atoms with E-state index in [9.17, 15) is 0 Å². The molecule has 0 aliphatic carbocycles. The highest BCUT2D eigenvalue weighted by Crippen LogP contribution is 2.26. The molecule has 0 radical (unpaired) electrons. The monoisotopic (exact) mass is 308 g/mol. The molecule has 2 nitrogen and oxygen atoms in total. The van der Waals surface area contributed by atoms with Crippen molar-refractivity contribution >= 4 is 23.2 Å². The number of nitrogens with one attached hydrogen (secondary N) is 1. The Kier molecular flexibility index (Phi) is 5.06. The smallest absolute Gasteiger partial charge is 0.0501 e. The lowest BCUT2D eigenvalue weighted by atomic mass is 9.96. The molecule has 0 aromatic heterocycles. The molecule has 0 fully saturated rings. The van der Waals surface area contributed by atoms with E-state index in [-0.39, 0.29) is 6.04 Å². The van der Waals surface area contributed by atoms with E-state index >= 15 is 0 Å². The van der Waals surface area contributed by atoms with Crippen LogP contribution in [0, 0.1) is 13.8 Å². The fraction of sp³-hybridized carbons (Fsp3) is 0.250. The second-order valence-electron chi connectivity index (χ2n) is 5.08. The zero-order valence-corrected chi connectivity index (χ0v) is 13.1. The number of rotatable bonds is 4. The number of hydrogen-bond acceptors (Lipinski definition) is 2. The molecule has 2 aromatic rings. The van der Waals surface area contributed by atoms with E-state index < -0.39 is 0 Å². The fourth-order valence-corrected chi connectivity index (χ4v) is 2.79. The number of hydrazine groups is 1. The van der Waals surface area contributed by atoms with Crippen LogP contribution in [-0.2, 0) is 6.42 Å². The summed E-state index contributed by atoms with van der Waals surface area (Å²) in [5.74, 6) is 5.71. The summed E-state index contributed by atoms with van der Waals surface area (Å²) in [6, 6.07) is 11.9. The lowest BCUT2D eigenvalue weighted by Crippen LogP contribution is -2.29. The molecule has 4 heteroatoms. The summed E-state index contributed by atoms with van der Waals surface area (Å²) in [6.45, 7) is 4.16. The van der Waals surface area contributed by atoms with Crippen molar-refractivity contribution in [2.75, 3.05) is 0 Å². The van der Waals surface area contributed by atoms with E-state index in [1.54, 1.807) is 6.07 Å². The second kappa shape index (κ2) is 6.59. The lowest BCUT2D eigenvalue weighted by Gasteiger charge is -2.18. The Hall–Kier alpha value is -1.06. The molecule has 0 aliphatic heterocycles. The van der Waals surface area contributed by atoms with E-state index in [4.69, 9.17) is 29.0 Å². The van der Waals surface area contributed by atoms with Gasteiger partial charge in [-0.2, -0.15) is 0 Å². The molecule has 20 heavy (non-hydrogen) atoms. The highest BCUT2D eigenvalue weighted by Gasteiger charge is 2.13. The van der Waals surface area contributed by atoms with E-state index in [2.05, 4.69) is 37.5 Å². The molecule has 1 atom stereocenters. The van der Waals surface area contributed by atoms with Crippen molar-refractivity contribution < 1.29 is 0 Å². The molecule has 0 saturated carbocycles. The maximum absolute atomic E-state index is 6.22.